The van der Waals surface area contributed by atoms with Crippen LogP contribution in [0.25, 0.3) is 21.5 Å². The van der Waals surface area contributed by atoms with Crippen LogP contribution in [-0.4, -0.2) is 26.6 Å². The van der Waals surface area contributed by atoms with Gasteiger partial charge in [-0.05, 0) is 17.7 Å². The Hall–Kier alpha value is -3.09. The number of nitro groups is 1. The highest BCUT2D eigenvalue weighted by Crippen LogP contribution is 2.38. The summed E-state index contributed by atoms with van der Waals surface area (Å²) in [6.07, 6.45) is 0. The van der Waals surface area contributed by atoms with E-state index >= 15 is 0 Å². The maximum absolute atomic E-state index is 12.6. The number of nitrogens with zero attached hydrogens (tertiary/aromatic N) is 3. The lowest BCUT2D eigenvalue weighted by Gasteiger charge is -2.08. The Morgan fingerprint density at radius 3 is 2.56 bits per heavy atom. The number of amides is 1. The zero-order valence-electron chi connectivity index (χ0n) is 13.3. The minimum Gasteiger partial charge on any atom is -0.402 e. The fourth-order valence-corrected chi connectivity index (χ4v) is 4.30. The molecule has 10 nitrogen and oxygen atoms in total. The monoisotopic (exact) mass is 403 g/mol. The lowest BCUT2D eigenvalue weighted by molar-refractivity contribution is -0.384. The second-order valence-electron chi connectivity index (χ2n) is 5.34. The van der Waals surface area contributed by atoms with Crippen molar-refractivity contribution in [3.8, 4) is 11.1 Å². The van der Waals surface area contributed by atoms with Gasteiger partial charge in [0.2, 0.25) is 10.8 Å². The van der Waals surface area contributed by atoms with Gasteiger partial charge in [-0.15, -0.1) is 0 Å². The topological polar surface area (TPSA) is 154 Å². The van der Waals surface area contributed by atoms with Crippen molar-refractivity contribution in [1.29, 1.82) is 0 Å². The molecule has 0 bridgehead atoms. The maximum Gasteiger partial charge on any atom is 0.348 e. The van der Waals surface area contributed by atoms with Crippen molar-refractivity contribution in [2.45, 2.75) is 0 Å². The third-order valence-electron chi connectivity index (χ3n) is 3.73. The Labute approximate surface area is 158 Å². The number of aromatic nitrogens is 1. The molecule has 1 aliphatic heterocycles. The first-order valence-corrected chi connectivity index (χ1v) is 9.22. The Morgan fingerprint density at radius 2 is 1.96 bits per heavy atom. The molecule has 2 aromatic heterocycles. The van der Waals surface area contributed by atoms with Gasteiger partial charge >= 0.3 is 5.63 Å². The molecule has 3 heterocycles. The van der Waals surface area contributed by atoms with Gasteiger partial charge in [0.25, 0.3) is 11.6 Å². The van der Waals surface area contributed by atoms with Crippen LogP contribution in [0.1, 0.15) is 5.56 Å². The van der Waals surface area contributed by atoms with E-state index < -0.39 is 10.5 Å². The van der Waals surface area contributed by atoms with Gasteiger partial charge < -0.3 is 4.42 Å². The van der Waals surface area contributed by atoms with Gasteiger partial charge in [0, 0.05) is 17.7 Å². The van der Waals surface area contributed by atoms with E-state index in [9.17, 15) is 19.7 Å². The number of nitro benzene ring substituents is 1. The molecule has 0 saturated carbocycles. The van der Waals surface area contributed by atoms with E-state index in [-0.39, 0.29) is 33.7 Å². The summed E-state index contributed by atoms with van der Waals surface area (Å²) in [4.78, 5) is 42.6. The van der Waals surface area contributed by atoms with Crippen LogP contribution < -0.4 is 16.9 Å². The second kappa shape index (κ2) is 6.57. The van der Waals surface area contributed by atoms with Crippen molar-refractivity contribution in [1.82, 2.24) is 4.98 Å². The van der Waals surface area contributed by atoms with Crippen molar-refractivity contribution in [3.63, 3.8) is 0 Å². The first kappa shape index (κ1) is 17.3. The number of thioether (sulfide) groups is 1. The second-order valence-corrected chi connectivity index (χ2v) is 7.30. The Balaban J connectivity index is 2.04. The zero-order valence-corrected chi connectivity index (χ0v) is 14.9. The SMILES string of the molecule is NNc1nc2oc(=O)c(C3=NC(=O)CS3)c(-c3ccc([N+](=O)[O-])cc3)c2s1. The molecule has 12 heteroatoms. The van der Waals surface area contributed by atoms with E-state index in [4.69, 9.17) is 10.3 Å². The number of nitrogen functional groups attached to an aromatic ring is 1. The van der Waals surface area contributed by atoms with Crippen LogP contribution in [0.4, 0.5) is 10.8 Å². The molecular weight excluding hydrogens is 394 g/mol. The summed E-state index contributed by atoms with van der Waals surface area (Å²) in [7, 11) is 0. The molecule has 1 aromatic carbocycles. The van der Waals surface area contributed by atoms with Gasteiger partial charge in [-0.25, -0.2) is 15.6 Å². The van der Waals surface area contributed by atoms with Crippen LogP contribution in [0.3, 0.4) is 0 Å². The molecule has 1 amide bonds. The minimum atomic E-state index is -0.703. The number of nitrogens with one attached hydrogen (secondary N) is 1. The number of hydrogen-bond acceptors (Lipinski definition) is 10. The van der Waals surface area contributed by atoms with Crippen molar-refractivity contribution in [3.05, 3.63) is 50.4 Å². The zero-order chi connectivity index (χ0) is 19.1. The first-order chi connectivity index (χ1) is 13.0. The molecule has 0 aliphatic carbocycles. The van der Waals surface area contributed by atoms with Crippen LogP contribution in [0.2, 0.25) is 0 Å². The van der Waals surface area contributed by atoms with Crippen LogP contribution in [0.5, 0.6) is 0 Å². The van der Waals surface area contributed by atoms with Crippen LogP contribution in [0.15, 0.2) is 38.5 Å². The number of rotatable bonds is 4. The highest BCUT2D eigenvalue weighted by Gasteiger charge is 2.27. The number of benzene rings is 1. The van der Waals surface area contributed by atoms with Crippen molar-refractivity contribution >= 4 is 55.3 Å². The average Bonchev–Trinajstić information content (AvgIpc) is 3.26. The number of carbonyl (C=O) groups is 1. The quantitative estimate of drug-likeness (QED) is 0.379. The summed E-state index contributed by atoms with van der Waals surface area (Å²) < 4.78 is 5.79. The maximum atomic E-state index is 12.6. The number of fused-ring (bicyclic) bond motifs is 1. The number of carbonyl (C=O) groups excluding carboxylic acids is 1. The highest BCUT2D eigenvalue weighted by molar-refractivity contribution is 8.15. The molecular formula is C15H9N5O5S2. The van der Waals surface area contributed by atoms with E-state index in [1.54, 1.807) is 0 Å². The van der Waals surface area contributed by atoms with E-state index in [2.05, 4.69) is 15.4 Å². The van der Waals surface area contributed by atoms with Gasteiger partial charge in [0.1, 0.15) is 15.3 Å². The smallest absolute Gasteiger partial charge is 0.348 e. The molecule has 0 radical (unpaired) electrons. The van der Waals surface area contributed by atoms with Gasteiger partial charge in [-0.2, -0.15) is 4.98 Å². The molecule has 3 aromatic rings. The summed E-state index contributed by atoms with van der Waals surface area (Å²) in [6, 6.07) is 5.70. The van der Waals surface area contributed by atoms with Gasteiger partial charge in [0.15, 0.2) is 0 Å². The van der Waals surface area contributed by atoms with E-state index in [1.165, 1.54) is 24.3 Å². The summed E-state index contributed by atoms with van der Waals surface area (Å²) in [5.41, 5.74) is 2.78. The summed E-state index contributed by atoms with van der Waals surface area (Å²) >= 11 is 2.28. The predicted octanol–water partition coefficient (Wildman–Crippen LogP) is 2.13. The molecule has 0 atom stereocenters. The third-order valence-corrected chi connectivity index (χ3v) is 5.67. The van der Waals surface area contributed by atoms with Crippen LogP contribution in [0, 0.1) is 10.1 Å². The molecule has 27 heavy (non-hydrogen) atoms. The van der Waals surface area contributed by atoms with Gasteiger partial charge in [0.05, 0.1) is 10.7 Å². The molecule has 0 unspecified atom stereocenters. The number of aliphatic imine (C=N–C) groups is 1. The minimum absolute atomic E-state index is 0.0741. The molecule has 1 aliphatic rings. The summed E-state index contributed by atoms with van der Waals surface area (Å²) in [6.45, 7) is 0. The Morgan fingerprint density at radius 1 is 1.22 bits per heavy atom. The number of anilines is 1. The normalized spacial score (nSPS) is 13.8. The van der Waals surface area contributed by atoms with Crippen LogP contribution in [-0.2, 0) is 4.79 Å². The lowest BCUT2D eigenvalue weighted by atomic mass is 10.0. The fraction of sp³-hybridized carbons (Fsp3) is 0.0667. The number of thiazole rings is 1. The summed E-state index contributed by atoms with van der Waals surface area (Å²) in [5.74, 6) is 5.18. The third kappa shape index (κ3) is 2.99. The van der Waals surface area contributed by atoms with Crippen LogP contribution >= 0.6 is 23.1 Å². The fourth-order valence-electron chi connectivity index (χ4n) is 2.60. The standard InChI is InChI=1S/C15H9N5O5S2/c16-19-15-18-12-11(27-15)9(6-1-3-7(4-2-6)20(23)24)10(14(22)25-12)13-17-8(21)5-26-13/h1-4H,5,16H2,(H,18,19). The molecule has 0 spiro atoms. The number of non-ortho nitro benzene ring substituents is 1. The van der Waals surface area contributed by atoms with Crippen molar-refractivity contribution in [2.24, 2.45) is 10.8 Å². The Kier molecular flexibility index (Phi) is 4.22. The Bertz CT molecular complexity index is 1180. The largest absolute Gasteiger partial charge is 0.402 e. The molecule has 0 saturated heterocycles. The number of hydrogen-bond donors (Lipinski definition) is 2. The number of nitrogens with two attached hydrogens (primary N) is 1. The first-order valence-electron chi connectivity index (χ1n) is 7.41. The van der Waals surface area contributed by atoms with E-state index in [0.717, 1.165) is 23.1 Å². The number of hydrazine groups is 1. The predicted molar refractivity (Wildman–Crippen MR) is 102 cm³/mol. The average molecular weight is 403 g/mol. The molecule has 136 valence electrons. The molecule has 3 N–H and O–H groups in total. The van der Waals surface area contributed by atoms with Gasteiger partial charge in [-0.3, -0.25) is 20.3 Å². The molecule has 0 fully saturated rings. The highest BCUT2D eigenvalue weighted by atomic mass is 32.2. The van der Waals surface area contributed by atoms with Gasteiger partial charge in [-0.1, -0.05) is 23.1 Å². The van der Waals surface area contributed by atoms with Crippen molar-refractivity contribution < 1.29 is 14.1 Å². The van der Waals surface area contributed by atoms with E-state index in [0.29, 0.717) is 21.0 Å². The van der Waals surface area contributed by atoms with Crippen molar-refractivity contribution in [2.75, 3.05) is 11.2 Å². The molecule has 4 rings (SSSR count). The lowest BCUT2D eigenvalue weighted by Crippen LogP contribution is -2.13. The van der Waals surface area contributed by atoms with E-state index in [1.807, 2.05) is 0 Å². The summed E-state index contributed by atoms with van der Waals surface area (Å²) in [5, 5.41) is 11.5.